The van der Waals surface area contributed by atoms with Crippen LogP contribution in [0.1, 0.15) is 103 Å². The molecule has 0 spiro atoms. The van der Waals surface area contributed by atoms with Crippen LogP contribution in [0.25, 0.3) is 11.4 Å². The number of ether oxygens (including phenoxy) is 1. The first-order valence-corrected chi connectivity index (χ1v) is 12.0. The van der Waals surface area contributed by atoms with Crippen LogP contribution in [0.4, 0.5) is 0 Å². The molecule has 0 saturated carbocycles. The Balaban J connectivity index is 2.12. The van der Waals surface area contributed by atoms with Crippen molar-refractivity contribution < 1.29 is 9.53 Å². The summed E-state index contributed by atoms with van der Waals surface area (Å²) in [5, 5.41) is 4.40. The highest BCUT2D eigenvalue weighted by Gasteiger charge is 2.20. The van der Waals surface area contributed by atoms with E-state index in [9.17, 15) is 4.79 Å². The van der Waals surface area contributed by atoms with Crippen LogP contribution >= 0.6 is 0 Å². The Labute approximate surface area is 188 Å². The minimum Gasteiger partial charge on any atom is -0.462 e. The second-order valence-corrected chi connectivity index (χ2v) is 9.93. The molecule has 1 aromatic heterocycles. The predicted molar refractivity (Wildman–Crippen MR) is 128 cm³/mol. The number of carbonyl (C=O) groups excluding carboxylic acids is 1. The van der Waals surface area contributed by atoms with Crippen molar-refractivity contribution in [1.29, 1.82) is 0 Å². The van der Waals surface area contributed by atoms with Crippen LogP contribution in [0.3, 0.4) is 0 Å². The van der Waals surface area contributed by atoms with E-state index >= 15 is 0 Å². The molecule has 31 heavy (non-hydrogen) atoms. The van der Waals surface area contributed by atoms with Crippen molar-refractivity contribution >= 4 is 5.91 Å². The minimum absolute atomic E-state index is 0.0182. The molecule has 0 atom stereocenters. The van der Waals surface area contributed by atoms with Gasteiger partial charge in [-0.2, -0.15) is 9.67 Å². The molecule has 0 aliphatic heterocycles. The summed E-state index contributed by atoms with van der Waals surface area (Å²) in [4.78, 5) is 17.5. The number of aromatic nitrogens is 3. The molecule has 172 valence electrons. The first-order valence-electron chi connectivity index (χ1n) is 12.0. The minimum atomic E-state index is -0.0182. The van der Waals surface area contributed by atoms with Crippen LogP contribution in [-0.4, -0.2) is 27.3 Å². The highest BCUT2D eigenvalue weighted by molar-refractivity contribution is 5.82. The SMILES string of the molecule is CCCCCCCCCC(=O)n1nc(OCC(C)C)nc1-c1ccc(C(C)(C)C)cc1. The summed E-state index contributed by atoms with van der Waals surface area (Å²) in [6.07, 6.45) is 8.73. The Morgan fingerprint density at radius 1 is 1.00 bits per heavy atom. The lowest BCUT2D eigenvalue weighted by molar-refractivity contribution is 0.0882. The van der Waals surface area contributed by atoms with E-state index in [-0.39, 0.29) is 17.3 Å². The van der Waals surface area contributed by atoms with Gasteiger partial charge >= 0.3 is 6.01 Å². The Kier molecular flexibility index (Phi) is 9.73. The van der Waals surface area contributed by atoms with Crippen LogP contribution < -0.4 is 4.74 Å². The molecule has 0 unspecified atom stereocenters. The highest BCUT2D eigenvalue weighted by Crippen LogP contribution is 2.26. The van der Waals surface area contributed by atoms with E-state index in [4.69, 9.17) is 4.74 Å². The van der Waals surface area contributed by atoms with E-state index in [1.54, 1.807) is 0 Å². The number of hydrogen-bond donors (Lipinski definition) is 0. The van der Waals surface area contributed by atoms with Gasteiger partial charge in [0, 0.05) is 12.0 Å². The van der Waals surface area contributed by atoms with Gasteiger partial charge in [-0.15, -0.1) is 5.10 Å². The van der Waals surface area contributed by atoms with E-state index in [1.807, 2.05) is 12.1 Å². The molecular weight excluding hydrogens is 386 g/mol. The van der Waals surface area contributed by atoms with Crippen molar-refractivity contribution in [3.63, 3.8) is 0 Å². The van der Waals surface area contributed by atoms with Crippen molar-refractivity contribution in [3.05, 3.63) is 29.8 Å². The monoisotopic (exact) mass is 427 g/mol. The quantitative estimate of drug-likeness (QED) is 0.340. The van der Waals surface area contributed by atoms with Gasteiger partial charge in [0.25, 0.3) is 0 Å². The van der Waals surface area contributed by atoms with Gasteiger partial charge in [-0.1, -0.05) is 104 Å². The van der Waals surface area contributed by atoms with Crippen LogP contribution in [0, 0.1) is 5.92 Å². The van der Waals surface area contributed by atoms with Gasteiger partial charge in [-0.25, -0.2) is 0 Å². The molecule has 1 aromatic carbocycles. The molecule has 5 nitrogen and oxygen atoms in total. The normalized spacial score (nSPS) is 11.8. The zero-order valence-corrected chi connectivity index (χ0v) is 20.4. The summed E-state index contributed by atoms with van der Waals surface area (Å²) < 4.78 is 7.17. The number of rotatable bonds is 12. The van der Waals surface area contributed by atoms with Gasteiger partial charge in [-0.3, -0.25) is 4.79 Å². The molecular formula is C26H41N3O2. The maximum absolute atomic E-state index is 13.0. The Bertz CT molecular complexity index is 801. The second-order valence-electron chi connectivity index (χ2n) is 9.93. The van der Waals surface area contributed by atoms with Gasteiger partial charge in [0.05, 0.1) is 6.61 Å². The smallest absolute Gasteiger partial charge is 0.336 e. The Morgan fingerprint density at radius 2 is 1.61 bits per heavy atom. The lowest BCUT2D eigenvalue weighted by atomic mass is 9.87. The Hall–Kier alpha value is -2.17. The topological polar surface area (TPSA) is 57.0 Å². The molecule has 0 bridgehead atoms. The van der Waals surface area contributed by atoms with Crippen molar-refractivity contribution in [1.82, 2.24) is 14.8 Å². The molecule has 0 fully saturated rings. The first kappa shape index (κ1) is 25.1. The lowest BCUT2D eigenvalue weighted by Gasteiger charge is -2.19. The summed E-state index contributed by atoms with van der Waals surface area (Å²) in [6.45, 7) is 13.5. The lowest BCUT2D eigenvalue weighted by Crippen LogP contribution is -2.14. The number of benzene rings is 1. The maximum Gasteiger partial charge on any atom is 0.336 e. The van der Waals surface area contributed by atoms with Gasteiger partial charge in [-0.05, 0) is 23.3 Å². The standard InChI is InChI=1S/C26H41N3O2/c1-7-8-9-10-11-12-13-14-23(30)29-24(27-25(28-29)31-19-20(2)3)21-15-17-22(18-16-21)26(4,5)6/h15-18,20H,7-14,19H2,1-6H3. The summed E-state index contributed by atoms with van der Waals surface area (Å²) in [5.41, 5.74) is 2.20. The number of hydrogen-bond acceptors (Lipinski definition) is 4. The molecule has 2 rings (SSSR count). The van der Waals surface area contributed by atoms with Gasteiger partial charge in [0.1, 0.15) is 0 Å². The molecule has 0 N–H and O–H groups in total. The van der Waals surface area contributed by atoms with Crippen molar-refractivity contribution in [2.24, 2.45) is 5.92 Å². The van der Waals surface area contributed by atoms with Gasteiger partial charge < -0.3 is 4.74 Å². The zero-order valence-electron chi connectivity index (χ0n) is 20.4. The third-order valence-electron chi connectivity index (χ3n) is 5.37. The second kappa shape index (κ2) is 12.0. The van der Waals surface area contributed by atoms with Crippen molar-refractivity contribution in [2.75, 3.05) is 6.61 Å². The molecule has 2 aromatic rings. The number of carbonyl (C=O) groups is 1. The average molecular weight is 428 g/mol. The fourth-order valence-electron chi connectivity index (χ4n) is 3.41. The summed E-state index contributed by atoms with van der Waals surface area (Å²) >= 11 is 0. The van der Waals surface area contributed by atoms with E-state index in [1.165, 1.54) is 42.3 Å². The number of nitrogens with zero attached hydrogens (tertiary/aromatic N) is 3. The zero-order chi connectivity index (χ0) is 22.9. The van der Waals surface area contributed by atoms with E-state index in [2.05, 4.69) is 63.8 Å². The fraction of sp³-hybridized carbons (Fsp3) is 0.654. The highest BCUT2D eigenvalue weighted by atomic mass is 16.5. The molecule has 1 heterocycles. The average Bonchev–Trinajstić information content (AvgIpc) is 3.15. The van der Waals surface area contributed by atoms with Crippen molar-refractivity contribution in [3.8, 4) is 17.4 Å². The fourth-order valence-corrected chi connectivity index (χ4v) is 3.41. The first-order chi connectivity index (χ1) is 14.7. The van der Waals surface area contributed by atoms with Gasteiger partial charge in [0.15, 0.2) is 5.82 Å². The van der Waals surface area contributed by atoms with Crippen molar-refractivity contribution in [2.45, 2.75) is 98.3 Å². The Morgan fingerprint density at radius 3 is 2.19 bits per heavy atom. The molecule has 0 aliphatic rings. The van der Waals surface area contributed by atoms with E-state index in [0.717, 1.165) is 18.4 Å². The predicted octanol–water partition coefficient (Wildman–Crippen LogP) is 7.06. The summed E-state index contributed by atoms with van der Waals surface area (Å²) in [6, 6.07) is 8.52. The van der Waals surface area contributed by atoms with E-state index < -0.39 is 0 Å². The van der Waals surface area contributed by atoms with Crippen LogP contribution in [-0.2, 0) is 5.41 Å². The van der Waals surface area contributed by atoms with Gasteiger partial charge in [0.2, 0.25) is 5.91 Å². The third-order valence-corrected chi connectivity index (χ3v) is 5.37. The van der Waals surface area contributed by atoms with Crippen LogP contribution in [0.5, 0.6) is 6.01 Å². The third kappa shape index (κ3) is 8.12. The molecule has 0 saturated heterocycles. The molecule has 0 radical (unpaired) electrons. The molecule has 0 aliphatic carbocycles. The molecule has 5 heteroatoms. The van der Waals surface area contributed by atoms with E-state index in [0.29, 0.717) is 24.8 Å². The molecule has 0 amide bonds. The summed E-state index contributed by atoms with van der Waals surface area (Å²) in [7, 11) is 0. The number of unbranched alkanes of at least 4 members (excludes halogenated alkanes) is 6. The maximum atomic E-state index is 13.0. The largest absolute Gasteiger partial charge is 0.462 e. The van der Waals surface area contributed by atoms with Crippen LogP contribution in [0.2, 0.25) is 0 Å². The summed E-state index contributed by atoms with van der Waals surface area (Å²) in [5.74, 6) is 0.910. The van der Waals surface area contributed by atoms with Crippen LogP contribution in [0.15, 0.2) is 24.3 Å².